The zero-order valence-corrected chi connectivity index (χ0v) is 11.5. The predicted octanol–water partition coefficient (Wildman–Crippen LogP) is 3.41. The number of likely N-dealkylation sites (N-methyl/N-ethyl adjacent to an activating group) is 1. The van der Waals surface area contributed by atoms with Crippen LogP contribution in [0.4, 0.5) is 13.2 Å². The molecule has 1 N–H and O–H groups in total. The largest absolute Gasteiger partial charge is 0.416 e. The molecular formula is C15H20F3NO. The van der Waals surface area contributed by atoms with E-state index in [2.05, 4.69) is 5.32 Å². The molecule has 1 fully saturated rings. The van der Waals surface area contributed by atoms with E-state index in [0.29, 0.717) is 12.0 Å². The lowest BCUT2D eigenvalue weighted by molar-refractivity contribution is -0.137. The molecule has 1 aliphatic heterocycles. The standard InChI is InChI=1S/C15H20F3NO/c1-19-13(10-14-6-3-7-20-14)9-11-4-2-5-12(8-11)15(16,17)18/h2,4-5,8,13-14,19H,3,6-7,9-10H2,1H3. The molecule has 2 nitrogen and oxygen atoms in total. The fourth-order valence-electron chi connectivity index (χ4n) is 2.61. The molecule has 112 valence electrons. The summed E-state index contributed by atoms with van der Waals surface area (Å²) >= 11 is 0. The summed E-state index contributed by atoms with van der Waals surface area (Å²) < 4.78 is 43.6. The van der Waals surface area contributed by atoms with Crippen molar-refractivity contribution >= 4 is 0 Å². The molecule has 0 bridgehead atoms. The average molecular weight is 287 g/mol. The van der Waals surface area contributed by atoms with Gasteiger partial charge in [0.05, 0.1) is 11.7 Å². The number of halogens is 3. The molecule has 0 aromatic heterocycles. The van der Waals surface area contributed by atoms with E-state index in [9.17, 15) is 13.2 Å². The molecule has 2 rings (SSSR count). The Kier molecular flexibility index (Phi) is 5.05. The Bertz CT molecular complexity index is 427. The van der Waals surface area contributed by atoms with Crippen molar-refractivity contribution in [1.82, 2.24) is 5.32 Å². The van der Waals surface area contributed by atoms with Crippen molar-refractivity contribution in [2.75, 3.05) is 13.7 Å². The van der Waals surface area contributed by atoms with E-state index in [-0.39, 0.29) is 12.1 Å². The van der Waals surface area contributed by atoms with Gasteiger partial charge in [-0.3, -0.25) is 0 Å². The lowest BCUT2D eigenvalue weighted by atomic mass is 9.98. The van der Waals surface area contributed by atoms with Gasteiger partial charge in [-0.15, -0.1) is 0 Å². The molecule has 1 aliphatic rings. The Morgan fingerprint density at radius 2 is 2.20 bits per heavy atom. The van der Waals surface area contributed by atoms with Gasteiger partial charge in [0, 0.05) is 12.6 Å². The summed E-state index contributed by atoms with van der Waals surface area (Å²) in [6, 6.07) is 5.70. The first-order chi connectivity index (χ1) is 9.49. The molecule has 1 heterocycles. The zero-order valence-electron chi connectivity index (χ0n) is 11.5. The van der Waals surface area contributed by atoms with Crippen LogP contribution in [0, 0.1) is 0 Å². The summed E-state index contributed by atoms with van der Waals surface area (Å²) in [4.78, 5) is 0. The predicted molar refractivity (Wildman–Crippen MR) is 71.6 cm³/mol. The minimum atomic E-state index is -4.28. The molecule has 1 saturated heterocycles. The number of hydrogen-bond donors (Lipinski definition) is 1. The van der Waals surface area contributed by atoms with E-state index in [1.165, 1.54) is 12.1 Å². The van der Waals surface area contributed by atoms with Crippen LogP contribution in [0.25, 0.3) is 0 Å². The molecule has 20 heavy (non-hydrogen) atoms. The van der Waals surface area contributed by atoms with E-state index >= 15 is 0 Å². The molecule has 2 atom stereocenters. The highest BCUT2D eigenvalue weighted by atomic mass is 19.4. The Balaban J connectivity index is 1.99. The van der Waals surface area contributed by atoms with Gasteiger partial charge in [0.1, 0.15) is 0 Å². The topological polar surface area (TPSA) is 21.3 Å². The van der Waals surface area contributed by atoms with Gasteiger partial charge < -0.3 is 10.1 Å². The lowest BCUT2D eigenvalue weighted by Gasteiger charge is -2.20. The van der Waals surface area contributed by atoms with Gasteiger partial charge >= 0.3 is 6.18 Å². The highest BCUT2D eigenvalue weighted by Crippen LogP contribution is 2.30. The van der Waals surface area contributed by atoms with Crippen molar-refractivity contribution in [3.05, 3.63) is 35.4 Å². The zero-order chi connectivity index (χ0) is 14.6. The fourth-order valence-corrected chi connectivity index (χ4v) is 2.61. The van der Waals surface area contributed by atoms with Crippen molar-refractivity contribution < 1.29 is 17.9 Å². The van der Waals surface area contributed by atoms with Crippen molar-refractivity contribution in [1.29, 1.82) is 0 Å². The van der Waals surface area contributed by atoms with Gasteiger partial charge in [0.25, 0.3) is 0 Å². The van der Waals surface area contributed by atoms with Gasteiger partial charge in [-0.25, -0.2) is 0 Å². The van der Waals surface area contributed by atoms with E-state index in [0.717, 1.165) is 31.9 Å². The molecular weight excluding hydrogens is 267 g/mol. The van der Waals surface area contributed by atoms with E-state index in [1.54, 1.807) is 6.07 Å². The van der Waals surface area contributed by atoms with Crippen LogP contribution in [0.1, 0.15) is 30.4 Å². The SMILES string of the molecule is CNC(Cc1cccc(C(F)(F)F)c1)CC1CCCO1. The van der Waals surface area contributed by atoms with Crippen molar-refractivity contribution in [3.63, 3.8) is 0 Å². The summed E-state index contributed by atoms with van der Waals surface area (Å²) in [6.07, 6.45) is -0.503. The fraction of sp³-hybridized carbons (Fsp3) is 0.600. The number of ether oxygens (including phenoxy) is 1. The highest BCUT2D eigenvalue weighted by molar-refractivity contribution is 5.26. The van der Waals surface area contributed by atoms with Gasteiger partial charge in [-0.1, -0.05) is 18.2 Å². The summed E-state index contributed by atoms with van der Waals surface area (Å²) in [7, 11) is 1.84. The van der Waals surface area contributed by atoms with Crippen molar-refractivity contribution in [2.24, 2.45) is 0 Å². The van der Waals surface area contributed by atoms with Gasteiger partial charge in [-0.05, 0) is 44.4 Å². The molecule has 1 aromatic carbocycles. The van der Waals surface area contributed by atoms with Crippen LogP contribution in [0.5, 0.6) is 0 Å². The van der Waals surface area contributed by atoms with Crippen LogP contribution < -0.4 is 5.32 Å². The Morgan fingerprint density at radius 1 is 1.40 bits per heavy atom. The first kappa shape index (κ1) is 15.3. The van der Waals surface area contributed by atoms with Crippen molar-refractivity contribution in [2.45, 2.75) is 44.0 Å². The third-order valence-corrected chi connectivity index (χ3v) is 3.72. The molecule has 5 heteroatoms. The maximum Gasteiger partial charge on any atom is 0.416 e. The van der Waals surface area contributed by atoms with E-state index < -0.39 is 11.7 Å². The van der Waals surface area contributed by atoms with E-state index in [4.69, 9.17) is 4.74 Å². The molecule has 2 unspecified atom stereocenters. The molecule has 1 aromatic rings. The van der Waals surface area contributed by atoms with Crippen LogP contribution in [-0.2, 0) is 17.3 Å². The minimum absolute atomic E-state index is 0.140. The molecule has 0 saturated carbocycles. The van der Waals surface area contributed by atoms with Crippen molar-refractivity contribution in [3.8, 4) is 0 Å². The summed E-state index contributed by atoms with van der Waals surface area (Å²) in [5, 5.41) is 3.17. The van der Waals surface area contributed by atoms with Crippen LogP contribution in [0.15, 0.2) is 24.3 Å². The highest BCUT2D eigenvalue weighted by Gasteiger charge is 2.30. The monoisotopic (exact) mass is 287 g/mol. The average Bonchev–Trinajstić information content (AvgIpc) is 2.90. The summed E-state index contributed by atoms with van der Waals surface area (Å²) in [6.45, 7) is 0.796. The minimum Gasteiger partial charge on any atom is -0.378 e. The van der Waals surface area contributed by atoms with Gasteiger partial charge in [0.15, 0.2) is 0 Å². The van der Waals surface area contributed by atoms with Crippen LogP contribution >= 0.6 is 0 Å². The maximum absolute atomic E-state index is 12.7. The maximum atomic E-state index is 12.7. The van der Waals surface area contributed by atoms with E-state index in [1.807, 2.05) is 7.05 Å². The smallest absolute Gasteiger partial charge is 0.378 e. The number of benzene rings is 1. The molecule has 0 radical (unpaired) electrons. The number of rotatable bonds is 5. The molecule has 0 aliphatic carbocycles. The van der Waals surface area contributed by atoms with Gasteiger partial charge in [-0.2, -0.15) is 13.2 Å². The second-order valence-corrected chi connectivity index (χ2v) is 5.26. The second-order valence-electron chi connectivity index (χ2n) is 5.26. The number of nitrogens with one attached hydrogen (secondary N) is 1. The third kappa shape index (κ3) is 4.21. The number of hydrogen-bond acceptors (Lipinski definition) is 2. The van der Waals surface area contributed by atoms with Crippen LogP contribution in [0.3, 0.4) is 0 Å². The van der Waals surface area contributed by atoms with Crippen LogP contribution in [0.2, 0.25) is 0 Å². The van der Waals surface area contributed by atoms with Gasteiger partial charge in [0.2, 0.25) is 0 Å². The Hall–Kier alpha value is -1.07. The molecule has 0 amide bonds. The second kappa shape index (κ2) is 6.59. The number of alkyl halides is 3. The Labute approximate surface area is 117 Å². The summed E-state index contributed by atoms with van der Waals surface area (Å²) in [5.74, 6) is 0. The Morgan fingerprint density at radius 3 is 2.80 bits per heavy atom. The van der Waals surface area contributed by atoms with Crippen LogP contribution in [-0.4, -0.2) is 25.8 Å². The molecule has 0 spiro atoms. The quantitative estimate of drug-likeness (QED) is 0.896. The third-order valence-electron chi connectivity index (χ3n) is 3.72. The summed E-state index contributed by atoms with van der Waals surface area (Å²) in [5.41, 5.74) is 0.124. The normalized spacial score (nSPS) is 21.1. The first-order valence-electron chi connectivity index (χ1n) is 6.94. The lowest BCUT2D eigenvalue weighted by Crippen LogP contribution is -2.31. The first-order valence-corrected chi connectivity index (χ1v) is 6.94.